The van der Waals surface area contributed by atoms with Crippen LogP contribution in [0.3, 0.4) is 0 Å². The van der Waals surface area contributed by atoms with E-state index in [1.807, 2.05) is 60.7 Å². The van der Waals surface area contributed by atoms with Gasteiger partial charge in [0.15, 0.2) is 5.82 Å². The van der Waals surface area contributed by atoms with Gasteiger partial charge in [-0.3, -0.25) is 0 Å². The topological polar surface area (TPSA) is 38.9 Å². The van der Waals surface area contributed by atoms with Crippen molar-refractivity contribution < 1.29 is 4.42 Å². The van der Waals surface area contributed by atoms with Crippen LogP contribution in [0, 0.1) is 0 Å². The van der Waals surface area contributed by atoms with E-state index in [4.69, 9.17) is 14.4 Å². The molecule has 0 saturated carbocycles. The summed E-state index contributed by atoms with van der Waals surface area (Å²) in [6, 6.07) is 45.5. The van der Waals surface area contributed by atoms with E-state index in [0.717, 1.165) is 61.1 Å². The van der Waals surface area contributed by atoms with Gasteiger partial charge in [0.1, 0.15) is 11.2 Å². The van der Waals surface area contributed by atoms with E-state index in [2.05, 4.69) is 72.8 Å². The third-order valence-electron chi connectivity index (χ3n) is 6.69. The minimum atomic E-state index is 0.676. The third kappa shape index (κ3) is 3.87. The predicted octanol–water partition coefficient (Wildman–Crippen LogP) is 9.04. The van der Waals surface area contributed by atoms with Gasteiger partial charge in [0.25, 0.3) is 0 Å². The van der Waals surface area contributed by atoms with Crippen LogP contribution in [-0.4, -0.2) is 9.97 Å². The standard InChI is InChI=1S/C34H22N2O/c1-4-12-23(13-5-1)26-20-28(33-27-18-10-11-19-31(27)37-32(33)21-26)34-35-29(24-14-6-2-7-15-24)22-30(36-34)25-16-8-3-9-17-25/h1-22H. The fourth-order valence-corrected chi connectivity index (χ4v) is 4.91. The number of rotatable bonds is 4. The molecule has 0 aliphatic heterocycles. The second-order valence-electron chi connectivity index (χ2n) is 9.06. The number of furan rings is 1. The van der Waals surface area contributed by atoms with Gasteiger partial charge >= 0.3 is 0 Å². The Hall–Kier alpha value is -5.02. The molecule has 0 radical (unpaired) electrons. The second kappa shape index (κ2) is 8.89. The molecule has 2 aromatic heterocycles. The van der Waals surface area contributed by atoms with E-state index in [-0.39, 0.29) is 0 Å². The molecule has 3 heteroatoms. The molecule has 3 nitrogen and oxygen atoms in total. The van der Waals surface area contributed by atoms with Crippen molar-refractivity contribution in [2.45, 2.75) is 0 Å². The number of para-hydroxylation sites is 1. The van der Waals surface area contributed by atoms with E-state index in [0.29, 0.717) is 5.82 Å². The number of nitrogens with zero attached hydrogens (tertiary/aromatic N) is 2. The number of aromatic nitrogens is 2. The minimum Gasteiger partial charge on any atom is -0.456 e. The molecule has 0 aliphatic carbocycles. The molecule has 0 atom stereocenters. The summed E-state index contributed by atoms with van der Waals surface area (Å²) >= 11 is 0. The molecule has 0 aliphatic rings. The van der Waals surface area contributed by atoms with E-state index in [9.17, 15) is 0 Å². The van der Waals surface area contributed by atoms with Crippen LogP contribution >= 0.6 is 0 Å². The van der Waals surface area contributed by atoms with Gasteiger partial charge in [0, 0.05) is 27.5 Å². The first-order valence-electron chi connectivity index (χ1n) is 12.3. The van der Waals surface area contributed by atoms with Gasteiger partial charge in [0.2, 0.25) is 0 Å². The Balaban J connectivity index is 1.56. The minimum absolute atomic E-state index is 0.676. The molecule has 7 aromatic rings. The largest absolute Gasteiger partial charge is 0.456 e. The summed E-state index contributed by atoms with van der Waals surface area (Å²) in [4.78, 5) is 10.2. The van der Waals surface area contributed by atoms with E-state index in [1.54, 1.807) is 0 Å². The van der Waals surface area contributed by atoms with Crippen molar-refractivity contribution in [3.05, 3.63) is 133 Å². The smallest absolute Gasteiger partial charge is 0.161 e. The molecule has 0 unspecified atom stereocenters. The summed E-state index contributed by atoms with van der Waals surface area (Å²) in [5.41, 5.74) is 8.69. The van der Waals surface area contributed by atoms with Crippen molar-refractivity contribution in [3.8, 4) is 45.0 Å². The summed E-state index contributed by atoms with van der Waals surface area (Å²) in [5.74, 6) is 0.676. The lowest BCUT2D eigenvalue weighted by atomic mass is 9.98. The Kier molecular flexibility index (Phi) is 5.11. The number of fused-ring (bicyclic) bond motifs is 3. The average Bonchev–Trinajstić information content (AvgIpc) is 3.36. The van der Waals surface area contributed by atoms with Crippen molar-refractivity contribution >= 4 is 21.9 Å². The maximum absolute atomic E-state index is 6.35. The lowest BCUT2D eigenvalue weighted by Gasteiger charge is -2.12. The molecule has 0 amide bonds. The summed E-state index contributed by atoms with van der Waals surface area (Å²) in [7, 11) is 0. The van der Waals surface area contributed by atoms with Crippen LogP contribution in [0.2, 0.25) is 0 Å². The van der Waals surface area contributed by atoms with Crippen LogP contribution in [0.5, 0.6) is 0 Å². The van der Waals surface area contributed by atoms with E-state index >= 15 is 0 Å². The molecule has 174 valence electrons. The maximum Gasteiger partial charge on any atom is 0.161 e. The zero-order valence-electron chi connectivity index (χ0n) is 20.0. The molecular weight excluding hydrogens is 452 g/mol. The highest BCUT2D eigenvalue weighted by Crippen LogP contribution is 2.40. The van der Waals surface area contributed by atoms with Crippen LogP contribution in [0.4, 0.5) is 0 Å². The van der Waals surface area contributed by atoms with Gasteiger partial charge in [-0.05, 0) is 35.4 Å². The first kappa shape index (κ1) is 21.3. The Morgan fingerprint density at radius 3 is 1.59 bits per heavy atom. The highest BCUT2D eigenvalue weighted by Gasteiger charge is 2.18. The van der Waals surface area contributed by atoms with Gasteiger partial charge in [-0.15, -0.1) is 0 Å². The summed E-state index contributed by atoms with van der Waals surface area (Å²) < 4.78 is 6.35. The van der Waals surface area contributed by atoms with Crippen molar-refractivity contribution in [3.63, 3.8) is 0 Å². The first-order valence-corrected chi connectivity index (χ1v) is 12.3. The van der Waals surface area contributed by atoms with Gasteiger partial charge < -0.3 is 4.42 Å². The van der Waals surface area contributed by atoms with Crippen LogP contribution in [0.15, 0.2) is 138 Å². The Morgan fingerprint density at radius 2 is 0.973 bits per heavy atom. The average molecular weight is 475 g/mol. The molecule has 7 rings (SSSR count). The fraction of sp³-hybridized carbons (Fsp3) is 0. The number of benzene rings is 5. The van der Waals surface area contributed by atoms with Crippen LogP contribution in [-0.2, 0) is 0 Å². The van der Waals surface area contributed by atoms with Gasteiger partial charge in [-0.25, -0.2) is 9.97 Å². The van der Waals surface area contributed by atoms with Crippen molar-refractivity contribution in [1.82, 2.24) is 9.97 Å². The quantitative estimate of drug-likeness (QED) is 0.255. The Morgan fingerprint density at radius 1 is 0.432 bits per heavy atom. The SMILES string of the molecule is c1ccc(-c2cc(-c3nc(-c4ccccc4)cc(-c4ccccc4)n3)c3c(c2)oc2ccccc23)cc1. The molecule has 0 saturated heterocycles. The van der Waals surface area contributed by atoms with Gasteiger partial charge in [-0.2, -0.15) is 0 Å². The molecule has 2 heterocycles. The lowest BCUT2D eigenvalue weighted by molar-refractivity contribution is 0.669. The zero-order valence-corrected chi connectivity index (χ0v) is 20.0. The first-order chi connectivity index (χ1) is 18.3. The zero-order chi connectivity index (χ0) is 24.6. The monoisotopic (exact) mass is 474 g/mol. The van der Waals surface area contributed by atoms with Crippen LogP contribution in [0.1, 0.15) is 0 Å². The summed E-state index contributed by atoms with van der Waals surface area (Å²) in [6.07, 6.45) is 0. The van der Waals surface area contributed by atoms with Crippen LogP contribution in [0.25, 0.3) is 67.0 Å². The fourth-order valence-electron chi connectivity index (χ4n) is 4.91. The molecule has 0 spiro atoms. The third-order valence-corrected chi connectivity index (χ3v) is 6.69. The molecule has 0 bridgehead atoms. The Bertz CT molecular complexity index is 1800. The number of hydrogen-bond donors (Lipinski definition) is 0. The predicted molar refractivity (Wildman–Crippen MR) is 151 cm³/mol. The van der Waals surface area contributed by atoms with E-state index in [1.165, 1.54) is 0 Å². The lowest BCUT2D eigenvalue weighted by Crippen LogP contribution is -1.96. The Labute approximate surface area is 214 Å². The molecule has 0 N–H and O–H groups in total. The molecule has 0 fully saturated rings. The van der Waals surface area contributed by atoms with Crippen molar-refractivity contribution in [2.75, 3.05) is 0 Å². The molecule has 37 heavy (non-hydrogen) atoms. The van der Waals surface area contributed by atoms with E-state index < -0.39 is 0 Å². The van der Waals surface area contributed by atoms with Gasteiger partial charge in [-0.1, -0.05) is 109 Å². The highest BCUT2D eigenvalue weighted by molar-refractivity contribution is 6.13. The van der Waals surface area contributed by atoms with Crippen molar-refractivity contribution in [2.24, 2.45) is 0 Å². The number of hydrogen-bond acceptors (Lipinski definition) is 3. The maximum atomic E-state index is 6.35. The molecule has 5 aromatic carbocycles. The summed E-state index contributed by atoms with van der Waals surface area (Å²) in [6.45, 7) is 0. The normalized spacial score (nSPS) is 11.2. The summed E-state index contributed by atoms with van der Waals surface area (Å²) in [5, 5.41) is 2.08. The highest BCUT2D eigenvalue weighted by atomic mass is 16.3. The van der Waals surface area contributed by atoms with Crippen LogP contribution < -0.4 is 0 Å². The van der Waals surface area contributed by atoms with Crippen molar-refractivity contribution in [1.29, 1.82) is 0 Å². The second-order valence-corrected chi connectivity index (χ2v) is 9.06. The molecular formula is C34H22N2O. The van der Waals surface area contributed by atoms with Gasteiger partial charge in [0.05, 0.1) is 11.4 Å².